The summed E-state index contributed by atoms with van der Waals surface area (Å²) in [5, 5.41) is 0. The second kappa shape index (κ2) is 9.24. The van der Waals surface area contributed by atoms with Gasteiger partial charge in [0.15, 0.2) is 0 Å². The molecule has 0 aliphatic rings. The van der Waals surface area contributed by atoms with Crippen LogP contribution in [0, 0.1) is 0 Å². The Hall–Kier alpha value is -3.79. The Balaban J connectivity index is 1.65. The van der Waals surface area contributed by atoms with Crippen molar-refractivity contribution >= 4 is 5.97 Å². The lowest BCUT2D eigenvalue weighted by Crippen LogP contribution is -2.07. The molecule has 0 atom stereocenters. The molecule has 0 saturated heterocycles. The summed E-state index contributed by atoms with van der Waals surface area (Å²) >= 11 is 0. The van der Waals surface area contributed by atoms with Gasteiger partial charge in [0.1, 0.15) is 11.5 Å². The smallest absolute Gasteiger partial charge is 0.333 e. The van der Waals surface area contributed by atoms with Crippen LogP contribution in [0.25, 0.3) is 22.3 Å². The van der Waals surface area contributed by atoms with Gasteiger partial charge in [0.05, 0.1) is 6.26 Å². The van der Waals surface area contributed by atoms with Gasteiger partial charge in [-0.1, -0.05) is 61.7 Å². The van der Waals surface area contributed by atoms with E-state index in [4.69, 9.17) is 14.2 Å². The molecule has 0 N–H and O–H groups in total. The third-order valence-corrected chi connectivity index (χ3v) is 4.07. The molecule has 0 unspecified atom stereocenters. The van der Waals surface area contributed by atoms with Gasteiger partial charge < -0.3 is 14.2 Å². The Bertz CT molecular complexity index is 939. The van der Waals surface area contributed by atoms with Gasteiger partial charge in [0.25, 0.3) is 0 Å². The van der Waals surface area contributed by atoms with Crippen molar-refractivity contribution in [3.8, 4) is 33.8 Å². The molecule has 3 aromatic carbocycles. The molecule has 0 aromatic heterocycles. The fourth-order valence-corrected chi connectivity index (χ4v) is 2.64. The van der Waals surface area contributed by atoms with Gasteiger partial charge in [-0.2, -0.15) is 0 Å². The summed E-state index contributed by atoms with van der Waals surface area (Å²) in [6.07, 6.45) is 2.51. The highest BCUT2D eigenvalue weighted by atomic mass is 16.7. The number of rotatable bonds is 8. The van der Waals surface area contributed by atoms with E-state index in [0.29, 0.717) is 5.75 Å². The molecule has 3 aromatic rings. The van der Waals surface area contributed by atoms with Crippen molar-refractivity contribution in [2.75, 3.05) is 6.79 Å². The molecule has 4 nitrogen and oxygen atoms in total. The molecule has 4 heteroatoms. The van der Waals surface area contributed by atoms with Crippen molar-refractivity contribution in [3.63, 3.8) is 0 Å². The van der Waals surface area contributed by atoms with E-state index in [1.54, 1.807) is 0 Å². The van der Waals surface area contributed by atoms with Crippen molar-refractivity contribution in [1.82, 2.24) is 0 Å². The molecule has 0 heterocycles. The Kier molecular flexibility index (Phi) is 6.26. The zero-order chi connectivity index (χ0) is 19.8. The SMILES string of the molecule is C=COc1ccc(-c2ccc(-c3ccc(OCOC(=O)C=C)cc3)cc2)cc1. The average Bonchev–Trinajstić information content (AvgIpc) is 2.75. The van der Waals surface area contributed by atoms with Gasteiger partial charge in [-0.25, -0.2) is 4.79 Å². The maximum atomic E-state index is 11.0. The Morgan fingerprint density at radius 1 is 0.714 bits per heavy atom. The summed E-state index contributed by atoms with van der Waals surface area (Å²) < 4.78 is 15.4. The predicted molar refractivity (Wildman–Crippen MR) is 110 cm³/mol. The van der Waals surface area contributed by atoms with Crippen LogP contribution >= 0.6 is 0 Å². The molecular formula is C24H20O4. The molecular weight excluding hydrogens is 352 g/mol. The van der Waals surface area contributed by atoms with Crippen LogP contribution in [0.4, 0.5) is 0 Å². The summed E-state index contributed by atoms with van der Waals surface area (Å²) in [5.74, 6) is 0.871. The molecule has 0 saturated carbocycles. The number of ether oxygens (including phenoxy) is 3. The molecule has 0 aliphatic heterocycles. The molecule has 140 valence electrons. The minimum absolute atomic E-state index is 0.143. The quantitative estimate of drug-likeness (QED) is 0.223. The van der Waals surface area contributed by atoms with Crippen molar-refractivity contribution < 1.29 is 19.0 Å². The van der Waals surface area contributed by atoms with Crippen LogP contribution in [0.15, 0.2) is 98.3 Å². The molecule has 0 amide bonds. The Morgan fingerprint density at radius 2 is 1.14 bits per heavy atom. The van der Waals surface area contributed by atoms with Crippen molar-refractivity contribution in [2.45, 2.75) is 0 Å². The van der Waals surface area contributed by atoms with Crippen LogP contribution in [0.3, 0.4) is 0 Å². The van der Waals surface area contributed by atoms with Crippen LogP contribution < -0.4 is 9.47 Å². The molecule has 0 bridgehead atoms. The number of carbonyl (C=O) groups is 1. The summed E-state index contributed by atoms with van der Waals surface area (Å²) in [6, 6.07) is 23.8. The normalized spacial score (nSPS) is 10.0. The summed E-state index contributed by atoms with van der Waals surface area (Å²) in [5.41, 5.74) is 4.40. The van der Waals surface area contributed by atoms with Crippen molar-refractivity contribution in [2.24, 2.45) is 0 Å². The van der Waals surface area contributed by atoms with Crippen LogP contribution in [-0.2, 0) is 9.53 Å². The van der Waals surface area contributed by atoms with Gasteiger partial charge in [0, 0.05) is 6.08 Å². The zero-order valence-corrected chi connectivity index (χ0v) is 15.3. The maximum Gasteiger partial charge on any atom is 0.333 e. The largest absolute Gasteiger partial charge is 0.466 e. The van der Waals surface area contributed by atoms with Gasteiger partial charge in [-0.3, -0.25) is 0 Å². The highest BCUT2D eigenvalue weighted by Crippen LogP contribution is 2.27. The fraction of sp³-hybridized carbons (Fsp3) is 0.0417. The summed E-state index contributed by atoms with van der Waals surface area (Å²) in [4.78, 5) is 11.0. The van der Waals surface area contributed by atoms with Gasteiger partial charge >= 0.3 is 5.97 Å². The topological polar surface area (TPSA) is 44.8 Å². The molecule has 28 heavy (non-hydrogen) atoms. The Morgan fingerprint density at radius 3 is 1.57 bits per heavy atom. The van der Waals surface area contributed by atoms with E-state index in [2.05, 4.69) is 37.4 Å². The second-order valence-corrected chi connectivity index (χ2v) is 5.84. The lowest BCUT2D eigenvalue weighted by atomic mass is 10.0. The highest BCUT2D eigenvalue weighted by molar-refractivity contribution is 5.81. The Labute approximate surface area is 164 Å². The first kappa shape index (κ1) is 19.0. The molecule has 0 spiro atoms. The van der Waals surface area contributed by atoms with E-state index < -0.39 is 5.97 Å². The molecule has 0 fully saturated rings. The minimum Gasteiger partial charge on any atom is -0.466 e. The summed E-state index contributed by atoms with van der Waals surface area (Å²) in [7, 11) is 0. The van der Waals surface area contributed by atoms with Crippen LogP contribution in [0.2, 0.25) is 0 Å². The standard InChI is InChI=1S/C24H20O4/c1-3-24(25)28-17-27-23-15-11-21(12-16-23)19-7-5-18(6-8-19)20-9-13-22(14-10-20)26-4-2/h3-16H,1-2,17H2. The monoisotopic (exact) mass is 372 g/mol. The first-order valence-electron chi connectivity index (χ1n) is 8.70. The number of hydrogen-bond acceptors (Lipinski definition) is 4. The molecule has 0 radical (unpaired) electrons. The number of carbonyl (C=O) groups excluding carboxylic acids is 1. The fourth-order valence-electron chi connectivity index (χ4n) is 2.64. The number of hydrogen-bond donors (Lipinski definition) is 0. The van der Waals surface area contributed by atoms with Crippen LogP contribution in [0.1, 0.15) is 0 Å². The molecule has 0 aliphatic carbocycles. The van der Waals surface area contributed by atoms with E-state index in [0.717, 1.165) is 34.1 Å². The second-order valence-electron chi connectivity index (χ2n) is 5.84. The maximum absolute atomic E-state index is 11.0. The number of esters is 1. The van der Waals surface area contributed by atoms with Crippen molar-refractivity contribution in [1.29, 1.82) is 0 Å². The lowest BCUT2D eigenvalue weighted by Gasteiger charge is -2.08. The van der Waals surface area contributed by atoms with Gasteiger partial charge in [0.2, 0.25) is 6.79 Å². The molecule has 3 rings (SSSR count). The highest BCUT2D eigenvalue weighted by Gasteiger charge is 2.03. The zero-order valence-electron chi connectivity index (χ0n) is 15.3. The first-order valence-corrected chi connectivity index (χ1v) is 8.70. The van der Waals surface area contributed by atoms with E-state index in [1.807, 2.05) is 48.5 Å². The first-order chi connectivity index (χ1) is 13.7. The lowest BCUT2D eigenvalue weighted by molar-refractivity contribution is -0.144. The summed E-state index contributed by atoms with van der Waals surface area (Å²) in [6.45, 7) is 6.74. The van der Waals surface area contributed by atoms with Gasteiger partial charge in [-0.05, 0) is 46.5 Å². The van der Waals surface area contributed by atoms with E-state index >= 15 is 0 Å². The minimum atomic E-state index is -0.514. The van der Waals surface area contributed by atoms with E-state index in [1.165, 1.54) is 6.26 Å². The van der Waals surface area contributed by atoms with E-state index in [9.17, 15) is 4.79 Å². The van der Waals surface area contributed by atoms with Crippen LogP contribution in [-0.4, -0.2) is 12.8 Å². The number of benzene rings is 3. The average molecular weight is 372 g/mol. The van der Waals surface area contributed by atoms with Crippen LogP contribution in [0.5, 0.6) is 11.5 Å². The predicted octanol–water partition coefficient (Wildman–Crippen LogP) is 5.61. The third-order valence-electron chi connectivity index (χ3n) is 4.07. The third kappa shape index (κ3) is 4.89. The van der Waals surface area contributed by atoms with E-state index in [-0.39, 0.29) is 6.79 Å². The van der Waals surface area contributed by atoms with Gasteiger partial charge in [-0.15, -0.1) is 0 Å². The van der Waals surface area contributed by atoms with Crippen molar-refractivity contribution in [3.05, 3.63) is 98.3 Å².